The summed E-state index contributed by atoms with van der Waals surface area (Å²) in [6.07, 6.45) is 10.5. The molecule has 0 unspecified atom stereocenters. The molecule has 0 aliphatic carbocycles. The molecule has 6 nitrogen and oxygen atoms in total. The van der Waals surface area contributed by atoms with Crippen molar-refractivity contribution in [3.63, 3.8) is 0 Å². The highest BCUT2D eigenvalue weighted by molar-refractivity contribution is 5.76. The van der Waals surface area contributed by atoms with E-state index in [2.05, 4.69) is 15.1 Å². The van der Waals surface area contributed by atoms with Gasteiger partial charge in [0.25, 0.3) is 0 Å². The number of carbonyl (C=O) groups excluding carboxylic acids is 1. The summed E-state index contributed by atoms with van der Waals surface area (Å²) >= 11 is 0. The van der Waals surface area contributed by atoms with Crippen LogP contribution in [0.5, 0.6) is 0 Å². The van der Waals surface area contributed by atoms with Gasteiger partial charge in [0.15, 0.2) is 5.65 Å². The van der Waals surface area contributed by atoms with Crippen LogP contribution in [0.4, 0.5) is 0 Å². The second kappa shape index (κ2) is 7.01. The number of hydrogen-bond donors (Lipinski definition) is 0. The molecular formula is C19H21N5O. The Bertz CT molecular complexity index is 852. The van der Waals surface area contributed by atoms with Crippen LogP contribution >= 0.6 is 0 Å². The first-order chi connectivity index (χ1) is 12.3. The summed E-state index contributed by atoms with van der Waals surface area (Å²) in [7, 11) is 0. The van der Waals surface area contributed by atoms with Crippen LogP contribution < -0.4 is 0 Å². The number of carbonyl (C=O) groups is 1. The van der Waals surface area contributed by atoms with Gasteiger partial charge < -0.3 is 4.90 Å². The molecule has 0 atom stereocenters. The molecule has 0 saturated carbocycles. The maximum Gasteiger partial charge on any atom is 0.222 e. The van der Waals surface area contributed by atoms with E-state index in [0.29, 0.717) is 12.3 Å². The molecule has 3 aromatic rings. The number of rotatable bonds is 4. The van der Waals surface area contributed by atoms with Crippen molar-refractivity contribution >= 4 is 11.6 Å². The number of hydrogen-bond acceptors (Lipinski definition) is 4. The summed E-state index contributed by atoms with van der Waals surface area (Å²) in [4.78, 5) is 22.9. The third-order valence-electron chi connectivity index (χ3n) is 4.94. The van der Waals surface area contributed by atoms with Gasteiger partial charge in [-0.2, -0.15) is 5.10 Å². The predicted molar refractivity (Wildman–Crippen MR) is 94.1 cm³/mol. The number of piperidine rings is 1. The summed E-state index contributed by atoms with van der Waals surface area (Å²) in [5.74, 6) is 0.661. The topological polar surface area (TPSA) is 63.4 Å². The minimum Gasteiger partial charge on any atom is -0.343 e. The molecule has 0 aromatic carbocycles. The van der Waals surface area contributed by atoms with Gasteiger partial charge >= 0.3 is 0 Å². The quantitative estimate of drug-likeness (QED) is 0.735. The van der Waals surface area contributed by atoms with E-state index >= 15 is 0 Å². The zero-order valence-corrected chi connectivity index (χ0v) is 14.1. The maximum atomic E-state index is 12.5. The molecule has 0 radical (unpaired) electrons. The molecule has 128 valence electrons. The van der Waals surface area contributed by atoms with E-state index < -0.39 is 0 Å². The first kappa shape index (κ1) is 15.7. The Kier molecular flexibility index (Phi) is 4.41. The van der Waals surface area contributed by atoms with Crippen molar-refractivity contribution in [2.75, 3.05) is 13.1 Å². The fourth-order valence-electron chi connectivity index (χ4n) is 3.54. The van der Waals surface area contributed by atoms with Crippen molar-refractivity contribution in [1.82, 2.24) is 24.5 Å². The van der Waals surface area contributed by atoms with Crippen molar-refractivity contribution in [1.29, 1.82) is 0 Å². The van der Waals surface area contributed by atoms with E-state index in [-0.39, 0.29) is 5.91 Å². The lowest BCUT2D eigenvalue weighted by Crippen LogP contribution is -2.38. The van der Waals surface area contributed by atoms with Crippen LogP contribution in [0.25, 0.3) is 5.65 Å². The summed E-state index contributed by atoms with van der Waals surface area (Å²) in [6, 6.07) is 7.90. The highest BCUT2D eigenvalue weighted by Crippen LogP contribution is 2.28. The molecule has 1 fully saturated rings. The average molecular weight is 335 g/mol. The lowest BCUT2D eigenvalue weighted by Gasteiger charge is -2.32. The predicted octanol–water partition coefficient (Wildman–Crippen LogP) is 2.46. The van der Waals surface area contributed by atoms with E-state index in [4.69, 9.17) is 0 Å². The lowest BCUT2D eigenvalue weighted by atomic mass is 9.93. The molecule has 0 spiro atoms. The number of fused-ring (bicyclic) bond motifs is 1. The normalized spacial score (nSPS) is 15.6. The zero-order valence-electron chi connectivity index (χ0n) is 14.1. The van der Waals surface area contributed by atoms with Gasteiger partial charge in [-0.3, -0.25) is 9.78 Å². The van der Waals surface area contributed by atoms with Gasteiger partial charge in [0.05, 0.1) is 6.20 Å². The van der Waals surface area contributed by atoms with E-state index in [1.54, 1.807) is 12.4 Å². The molecule has 4 rings (SSSR count). The number of aryl methyl sites for hydroxylation is 1. The highest BCUT2D eigenvalue weighted by Gasteiger charge is 2.25. The maximum absolute atomic E-state index is 12.5. The molecule has 1 aliphatic rings. The zero-order chi connectivity index (χ0) is 17.1. The van der Waals surface area contributed by atoms with Gasteiger partial charge in [-0.15, -0.1) is 0 Å². The Balaban J connectivity index is 1.35. The summed E-state index contributed by atoms with van der Waals surface area (Å²) < 4.78 is 1.92. The average Bonchev–Trinajstić information content (AvgIpc) is 3.16. The second-order valence-corrected chi connectivity index (χ2v) is 6.49. The van der Waals surface area contributed by atoms with Crippen molar-refractivity contribution in [3.05, 3.63) is 60.3 Å². The van der Waals surface area contributed by atoms with E-state index in [9.17, 15) is 4.79 Å². The fraction of sp³-hybridized carbons (Fsp3) is 0.368. The second-order valence-electron chi connectivity index (χ2n) is 6.49. The van der Waals surface area contributed by atoms with E-state index in [1.165, 1.54) is 5.69 Å². The lowest BCUT2D eigenvalue weighted by molar-refractivity contribution is -0.132. The molecule has 1 saturated heterocycles. The Morgan fingerprint density at radius 3 is 2.80 bits per heavy atom. The largest absolute Gasteiger partial charge is 0.343 e. The first-order valence-corrected chi connectivity index (χ1v) is 8.76. The number of amides is 1. The molecule has 0 bridgehead atoms. The minimum absolute atomic E-state index is 0.237. The van der Waals surface area contributed by atoms with Crippen molar-refractivity contribution in [2.24, 2.45) is 0 Å². The molecular weight excluding hydrogens is 314 g/mol. The number of likely N-dealkylation sites (tertiary alicyclic amines) is 1. The Hall–Kier alpha value is -2.76. The molecule has 0 N–H and O–H groups in total. The van der Waals surface area contributed by atoms with Crippen LogP contribution in [0.1, 0.15) is 36.4 Å². The van der Waals surface area contributed by atoms with Gasteiger partial charge in [0.2, 0.25) is 5.91 Å². The molecule has 4 heterocycles. The molecule has 1 amide bonds. The van der Waals surface area contributed by atoms with Gasteiger partial charge in [0, 0.05) is 55.8 Å². The van der Waals surface area contributed by atoms with Crippen LogP contribution in [0.2, 0.25) is 0 Å². The minimum atomic E-state index is 0.237. The van der Waals surface area contributed by atoms with Gasteiger partial charge in [-0.1, -0.05) is 6.07 Å². The Morgan fingerprint density at radius 2 is 2.00 bits per heavy atom. The first-order valence-electron chi connectivity index (χ1n) is 8.76. The van der Waals surface area contributed by atoms with Crippen LogP contribution in [0.3, 0.4) is 0 Å². The SMILES string of the molecule is O=C(CCc1cccnc1)N1CCC(c2ccnc3ccnn23)CC1. The molecule has 6 heteroatoms. The van der Waals surface area contributed by atoms with Gasteiger partial charge in [-0.05, 0) is 37.0 Å². The third-order valence-corrected chi connectivity index (χ3v) is 4.94. The third kappa shape index (κ3) is 3.38. The van der Waals surface area contributed by atoms with Gasteiger partial charge in [-0.25, -0.2) is 9.50 Å². The standard InChI is InChI=1S/C19H21N5O/c25-19(4-3-15-2-1-9-20-14-15)23-12-7-16(8-13-23)17-5-10-21-18-6-11-22-24(17)18/h1-2,5-6,9-11,14,16H,3-4,7-8,12-13H2. The Labute approximate surface area is 146 Å². The smallest absolute Gasteiger partial charge is 0.222 e. The van der Waals surface area contributed by atoms with E-state index in [1.807, 2.05) is 46.1 Å². The van der Waals surface area contributed by atoms with Crippen molar-refractivity contribution < 1.29 is 4.79 Å². The van der Waals surface area contributed by atoms with Gasteiger partial charge in [0.1, 0.15) is 0 Å². The van der Waals surface area contributed by atoms with Crippen LogP contribution in [0.15, 0.2) is 49.1 Å². The summed E-state index contributed by atoms with van der Waals surface area (Å²) in [5.41, 5.74) is 3.19. The van der Waals surface area contributed by atoms with Crippen LogP contribution in [-0.2, 0) is 11.2 Å². The molecule has 1 aliphatic heterocycles. The number of aromatic nitrogens is 4. The summed E-state index contributed by atoms with van der Waals surface area (Å²) in [5, 5.41) is 4.38. The fourth-order valence-corrected chi connectivity index (χ4v) is 3.54. The van der Waals surface area contributed by atoms with Crippen molar-refractivity contribution in [3.8, 4) is 0 Å². The summed E-state index contributed by atoms with van der Waals surface area (Å²) in [6.45, 7) is 1.61. The number of nitrogens with zero attached hydrogens (tertiary/aromatic N) is 5. The molecule has 3 aromatic heterocycles. The van der Waals surface area contributed by atoms with Crippen LogP contribution in [0, 0.1) is 0 Å². The van der Waals surface area contributed by atoms with Crippen molar-refractivity contribution in [2.45, 2.75) is 31.6 Å². The Morgan fingerprint density at radius 1 is 1.12 bits per heavy atom. The molecule has 25 heavy (non-hydrogen) atoms. The van der Waals surface area contributed by atoms with Crippen LogP contribution in [-0.4, -0.2) is 43.5 Å². The monoisotopic (exact) mass is 335 g/mol. The highest BCUT2D eigenvalue weighted by atomic mass is 16.2. The number of pyridine rings is 1. The van der Waals surface area contributed by atoms with E-state index in [0.717, 1.165) is 43.6 Å².